The predicted octanol–water partition coefficient (Wildman–Crippen LogP) is 2.94. The summed E-state index contributed by atoms with van der Waals surface area (Å²) in [6, 6.07) is 14.8. The zero-order valence-corrected chi connectivity index (χ0v) is 12.8. The van der Waals surface area contributed by atoms with Gasteiger partial charge in [0.25, 0.3) is 0 Å². The number of Topliss-reactive ketones (excluding diaryl/α,β-unsaturated/α-hetero) is 1. The van der Waals surface area contributed by atoms with Crippen LogP contribution in [0.15, 0.2) is 72.1 Å². The third-order valence-electron chi connectivity index (χ3n) is 3.06. The van der Waals surface area contributed by atoms with Crippen molar-refractivity contribution in [2.24, 2.45) is 0 Å². The Labute approximate surface area is 130 Å². The summed E-state index contributed by atoms with van der Waals surface area (Å²) in [5.41, 5.74) is 1.12. The van der Waals surface area contributed by atoms with Crippen LogP contribution >= 0.6 is 0 Å². The summed E-state index contributed by atoms with van der Waals surface area (Å²) < 4.78 is 24.4. The molecule has 0 saturated heterocycles. The second-order valence-corrected chi connectivity index (χ2v) is 6.74. The van der Waals surface area contributed by atoms with Gasteiger partial charge in [0, 0.05) is 17.8 Å². The van der Waals surface area contributed by atoms with Gasteiger partial charge >= 0.3 is 0 Å². The van der Waals surface area contributed by atoms with E-state index in [4.69, 9.17) is 0 Å². The summed E-state index contributed by atoms with van der Waals surface area (Å²) in [7, 11) is -3.62. The quantitative estimate of drug-likeness (QED) is 0.630. The van der Waals surface area contributed by atoms with Crippen molar-refractivity contribution in [1.29, 1.82) is 0 Å². The highest BCUT2D eigenvalue weighted by Gasteiger charge is 2.20. The van der Waals surface area contributed by atoms with Crippen molar-refractivity contribution < 1.29 is 13.2 Å². The molecule has 0 heterocycles. The SMILES string of the molecule is C=CCNc1cccc(C(=O)CS(=O)(=O)c2ccccc2)c1. The number of carbonyl (C=O) groups is 1. The monoisotopic (exact) mass is 315 g/mol. The molecule has 0 bridgehead atoms. The van der Waals surface area contributed by atoms with E-state index in [2.05, 4.69) is 11.9 Å². The molecule has 2 aromatic carbocycles. The van der Waals surface area contributed by atoms with E-state index in [0.29, 0.717) is 12.1 Å². The third kappa shape index (κ3) is 4.05. The van der Waals surface area contributed by atoms with Crippen molar-refractivity contribution in [3.8, 4) is 0 Å². The van der Waals surface area contributed by atoms with Gasteiger partial charge in [0.2, 0.25) is 0 Å². The molecule has 0 aliphatic carbocycles. The number of ketones is 1. The molecule has 2 rings (SSSR count). The first-order valence-corrected chi connectivity index (χ1v) is 8.44. The number of nitrogens with one attached hydrogen (secondary N) is 1. The summed E-state index contributed by atoms with van der Waals surface area (Å²) in [5, 5.41) is 3.06. The Balaban J connectivity index is 2.17. The van der Waals surface area contributed by atoms with Gasteiger partial charge in [-0.1, -0.05) is 36.4 Å². The lowest BCUT2D eigenvalue weighted by atomic mass is 10.1. The maximum Gasteiger partial charge on any atom is 0.185 e. The van der Waals surface area contributed by atoms with Crippen LogP contribution in [0.4, 0.5) is 5.69 Å². The molecule has 0 saturated carbocycles. The number of carbonyl (C=O) groups excluding carboxylic acids is 1. The highest BCUT2D eigenvalue weighted by atomic mass is 32.2. The van der Waals surface area contributed by atoms with Crippen molar-refractivity contribution in [1.82, 2.24) is 0 Å². The molecule has 114 valence electrons. The van der Waals surface area contributed by atoms with Crippen molar-refractivity contribution in [3.05, 3.63) is 72.8 Å². The molecule has 0 aliphatic rings. The van der Waals surface area contributed by atoms with Crippen LogP contribution in [0.3, 0.4) is 0 Å². The fraction of sp³-hybridized carbons (Fsp3) is 0.118. The minimum absolute atomic E-state index is 0.157. The molecule has 0 aromatic heterocycles. The number of hydrogen-bond acceptors (Lipinski definition) is 4. The summed E-state index contributed by atoms with van der Waals surface area (Å²) in [4.78, 5) is 12.4. The molecule has 0 amide bonds. The molecular weight excluding hydrogens is 298 g/mol. The number of benzene rings is 2. The molecule has 4 nitrogen and oxygen atoms in total. The number of hydrogen-bond donors (Lipinski definition) is 1. The van der Waals surface area contributed by atoms with E-state index in [9.17, 15) is 13.2 Å². The molecule has 0 fully saturated rings. The molecule has 0 unspecified atom stereocenters. The van der Waals surface area contributed by atoms with E-state index in [1.54, 1.807) is 42.5 Å². The summed E-state index contributed by atoms with van der Waals surface area (Å²) in [6.45, 7) is 4.18. The zero-order valence-electron chi connectivity index (χ0n) is 12.0. The van der Waals surface area contributed by atoms with Gasteiger partial charge in [0.15, 0.2) is 15.6 Å². The molecule has 0 radical (unpaired) electrons. The average molecular weight is 315 g/mol. The molecule has 1 N–H and O–H groups in total. The van der Waals surface area contributed by atoms with Gasteiger partial charge in [0.05, 0.1) is 4.90 Å². The summed E-state index contributed by atoms with van der Waals surface area (Å²) >= 11 is 0. The fourth-order valence-corrected chi connectivity index (χ4v) is 3.21. The Morgan fingerprint density at radius 1 is 1.09 bits per heavy atom. The van der Waals surface area contributed by atoms with Crippen molar-refractivity contribution >= 4 is 21.3 Å². The van der Waals surface area contributed by atoms with Crippen LogP contribution in [0.1, 0.15) is 10.4 Å². The standard InChI is InChI=1S/C17H17NO3S/c1-2-11-18-15-8-6-7-14(12-15)17(19)13-22(20,21)16-9-4-3-5-10-16/h2-10,12,18H,1,11,13H2. The average Bonchev–Trinajstić information content (AvgIpc) is 2.53. The largest absolute Gasteiger partial charge is 0.382 e. The first-order valence-electron chi connectivity index (χ1n) is 6.79. The van der Waals surface area contributed by atoms with Crippen molar-refractivity contribution in [2.75, 3.05) is 17.6 Å². The normalized spacial score (nSPS) is 10.9. The van der Waals surface area contributed by atoms with Crippen molar-refractivity contribution in [2.45, 2.75) is 4.90 Å². The van der Waals surface area contributed by atoms with Gasteiger partial charge in [-0.05, 0) is 24.3 Å². The van der Waals surface area contributed by atoms with E-state index in [1.165, 1.54) is 12.1 Å². The van der Waals surface area contributed by atoms with Gasteiger partial charge in [-0.2, -0.15) is 0 Å². The Morgan fingerprint density at radius 3 is 2.50 bits per heavy atom. The molecule has 0 spiro atoms. The van der Waals surface area contributed by atoms with Gasteiger partial charge in [0.1, 0.15) is 5.75 Å². The lowest BCUT2D eigenvalue weighted by Gasteiger charge is -2.07. The van der Waals surface area contributed by atoms with Crippen LogP contribution in [-0.2, 0) is 9.84 Å². The highest BCUT2D eigenvalue weighted by molar-refractivity contribution is 7.92. The second-order valence-electron chi connectivity index (χ2n) is 4.75. The molecule has 0 aliphatic heterocycles. The maximum absolute atomic E-state index is 12.2. The smallest absolute Gasteiger partial charge is 0.185 e. The number of anilines is 1. The van der Waals surface area contributed by atoms with E-state index in [-0.39, 0.29) is 4.90 Å². The maximum atomic E-state index is 12.2. The third-order valence-corrected chi connectivity index (χ3v) is 4.69. The molecule has 22 heavy (non-hydrogen) atoms. The second kappa shape index (κ2) is 7.04. The van der Waals surface area contributed by atoms with Crippen LogP contribution in [0, 0.1) is 0 Å². The Morgan fingerprint density at radius 2 is 1.82 bits per heavy atom. The van der Waals surface area contributed by atoms with Crippen molar-refractivity contribution in [3.63, 3.8) is 0 Å². The van der Waals surface area contributed by atoms with Crippen LogP contribution in [0.2, 0.25) is 0 Å². The number of rotatable bonds is 7. The Bertz CT molecular complexity index is 768. The predicted molar refractivity (Wildman–Crippen MR) is 88.0 cm³/mol. The zero-order chi connectivity index (χ0) is 16.0. The lowest BCUT2D eigenvalue weighted by molar-refractivity contribution is 0.102. The van der Waals surface area contributed by atoms with Gasteiger partial charge in [-0.15, -0.1) is 6.58 Å². The van der Waals surface area contributed by atoms with E-state index >= 15 is 0 Å². The van der Waals surface area contributed by atoms with Crippen LogP contribution < -0.4 is 5.32 Å². The van der Waals surface area contributed by atoms with E-state index in [1.807, 2.05) is 6.07 Å². The van der Waals surface area contributed by atoms with E-state index in [0.717, 1.165) is 5.69 Å². The number of sulfone groups is 1. The van der Waals surface area contributed by atoms with Gasteiger partial charge < -0.3 is 5.32 Å². The lowest BCUT2D eigenvalue weighted by Crippen LogP contribution is -2.16. The van der Waals surface area contributed by atoms with Crippen LogP contribution in [0.25, 0.3) is 0 Å². The fourth-order valence-electron chi connectivity index (χ4n) is 1.96. The van der Waals surface area contributed by atoms with Gasteiger partial charge in [-0.3, -0.25) is 4.79 Å². The Hall–Kier alpha value is -2.40. The van der Waals surface area contributed by atoms with Crippen LogP contribution in [-0.4, -0.2) is 26.5 Å². The first-order chi connectivity index (χ1) is 10.5. The molecule has 0 atom stereocenters. The molecule has 2 aromatic rings. The molecule has 5 heteroatoms. The Kier molecular flexibility index (Phi) is 5.12. The topological polar surface area (TPSA) is 63.2 Å². The minimum atomic E-state index is -3.62. The summed E-state index contributed by atoms with van der Waals surface area (Å²) in [6.07, 6.45) is 1.70. The highest BCUT2D eigenvalue weighted by Crippen LogP contribution is 2.15. The van der Waals surface area contributed by atoms with Gasteiger partial charge in [-0.25, -0.2) is 8.42 Å². The summed E-state index contributed by atoms with van der Waals surface area (Å²) in [5.74, 6) is -0.965. The molecular formula is C17H17NO3S. The first kappa shape index (κ1) is 16.0. The minimum Gasteiger partial charge on any atom is -0.382 e. The van der Waals surface area contributed by atoms with E-state index < -0.39 is 21.4 Å². The van der Waals surface area contributed by atoms with Crippen LogP contribution in [0.5, 0.6) is 0 Å².